The summed E-state index contributed by atoms with van der Waals surface area (Å²) in [6, 6.07) is 7.86. The second-order valence-corrected chi connectivity index (χ2v) is 5.76. The molecule has 0 radical (unpaired) electrons. The first-order chi connectivity index (χ1) is 12.7. The van der Waals surface area contributed by atoms with E-state index in [0.29, 0.717) is 26.3 Å². The number of nitrogens with one attached hydrogen (secondary N) is 1. The van der Waals surface area contributed by atoms with Gasteiger partial charge in [-0.2, -0.15) is 5.10 Å². The van der Waals surface area contributed by atoms with E-state index in [4.69, 9.17) is 9.47 Å². The van der Waals surface area contributed by atoms with Crippen molar-refractivity contribution < 1.29 is 9.47 Å². The van der Waals surface area contributed by atoms with Crippen LogP contribution in [0.5, 0.6) is 5.75 Å². The van der Waals surface area contributed by atoms with E-state index >= 15 is 0 Å². The molecule has 2 aromatic rings. The van der Waals surface area contributed by atoms with Crippen molar-refractivity contribution in [3.63, 3.8) is 0 Å². The van der Waals surface area contributed by atoms with Gasteiger partial charge in [-0.05, 0) is 13.0 Å². The molecule has 2 rings (SSSR count). The summed E-state index contributed by atoms with van der Waals surface area (Å²) in [5.74, 6) is 2.54. The molecule has 0 amide bonds. The fourth-order valence-corrected chi connectivity index (χ4v) is 2.44. The van der Waals surface area contributed by atoms with E-state index in [1.807, 2.05) is 50.2 Å². The molecule has 0 spiro atoms. The number of aryl methyl sites for hydroxylation is 1. The summed E-state index contributed by atoms with van der Waals surface area (Å²) >= 11 is 0. The summed E-state index contributed by atoms with van der Waals surface area (Å²) < 4.78 is 12.8. The van der Waals surface area contributed by atoms with Crippen LogP contribution in [0.2, 0.25) is 0 Å². The number of aromatic nitrogens is 3. The Labute approximate surface area is 178 Å². The van der Waals surface area contributed by atoms with Gasteiger partial charge in [0.25, 0.3) is 0 Å². The van der Waals surface area contributed by atoms with Gasteiger partial charge in [0.1, 0.15) is 17.9 Å². The highest BCUT2D eigenvalue weighted by molar-refractivity contribution is 14.0. The predicted octanol–water partition coefficient (Wildman–Crippen LogP) is 2.06. The summed E-state index contributed by atoms with van der Waals surface area (Å²) in [7, 11) is 5.52. The van der Waals surface area contributed by atoms with Gasteiger partial charge in [0.15, 0.2) is 5.96 Å². The number of para-hydroxylation sites is 1. The number of hydrogen-bond acceptors (Lipinski definition) is 5. The average Bonchev–Trinajstić information content (AvgIpc) is 3.05. The lowest BCUT2D eigenvalue weighted by Crippen LogP contribution is -2.39. The lowest BCUT2D eigenvalue weighted by atomic mass is 10.2. The molecule has 0 aliphatic carbocycles. The van der Waals surface area contributed by atoms with E-state index in [1.54, 1.807) is 18.1 Å². The van der Waals surface area contributed by atoms with Crippen molar-refractivity contribution in [3.05, 3.63) is 42.0 Å². The van der Waals surface area contributed by atoms with Gasteiger partial charge in [0.05, 0.1) is 33.4 Å². The highest BCUT2D eigenvalue weighted by Gasteiger charge is 2.09. The standard InChI is InChI=1S/C18H28N6O2.HI/c1-5-19-18(23(2)12-17-21-14-22-24(17)3)20-10-11-26-13-15-8-6-7-9-16(15)25-4;/h6-9,14H,5,10-13H2,1-4H3,(H,19,20);1H. The van der Waals surface area contributed by atoms with Gasteiger partial charge in [-0.25, -0.2) is 4.98 Å². The maximum Gasteiger partial charge on any atom is 0.194 e. The molecule has 9 heteroatoms. The van der Waals surface area contributed by atoms with E-state index in [1.165, 1.54) is 0 Å². The minimum atomic E-state index is 0. The van der Waals surface area contributed by atoms with E-state index in [2.05, 4.69) is 20.4 Å². The topological polar surface area (TPSA) is 76.8 Å². The van der Waals surface area contributed by atoms with Crippen molar-refractivity contribution in [2.24, 2.45) is 12.0 Å². The fraction of sp³-hybridized carbons (Fsp3) is 0.500. The fourth-order valence-electron chi connectivity index (χ4n) is 2.44. The highest BCUT2D eigenvalue weighted by Crippen LogP contribution is 2.17. The molecule has 0 unspecified atom stereocenters. The minimum absolute atomic E-state index is 0. The third-order valence-corrected chi connectivity index (χ3v) is 3.83. The average molecular weight is 488 g/mol. The molecule has 8 nitrogen and oxygen atoms in total. The second kappa shape index (κ2) is 12.5. The van der Waals surface area contributed by atoms with Crippen LogP contribution in [0.3, 0.4) is 0 Å². The maximum absolute atomic E-state index is 5.74. The Morgan fingerprint density at radius 1 is 1.33 bits per heavy atom. The number of aliphatic imine (C=N–C) groups is 1. The Balaban J connectivity index is 0.00000364. The first-order valence-corrected chi connectivity index (χ1v) is 8.67. The molecule has 0 saturated heterocycles. The zero-order valence-corrected chi connectivity index (χ0v) is 18.7. The van der Waals surface area contributed by atoms with Gasteiger partial charge in [-0.3, -0.25) is 9.67 Å². The summed E-state index contributed by atoms with van der Waals surface area (Å²) in [5, 5.41) is 7.38. The Kier molecular flexibility index (Phi) is 10.7. The van der Waals surface area contributed by atoms with E-state index in [0.717, 1.165) is 29.6 Å². The zero-order chi connectivity index (χ0) is 18.8. The molecule has 0 fully saturated rings. The smallest absolute Gasteiger partial charge is 0.194 e. The molecule has 0 aliphatic rings. The van der Waals surface area contributed by atoms with Gasteiger partial charge in [0, 0.05) is 26.2 Å². The molecule has 27 heavy (non-hydrogen) atoms. The number of nitrogens with zero attached hydrogens (tertiary/aromatic N) is 5. The first-order valence-electron chi connectivity index (χ1n) is 8.67. The summed E-state index contributed by atoms with van der Waals surface area (Å²) in [4.78, 5) is 10.9. The van der Waals surface area contributed by atoms with Gasteiger partial charge in [-0.1, -0.05) is 18.2 Å². The summed E-state index contributed by atoms with van der Waals surface area (Å²) in [6.45, 7) is 5.08. The molecule has 0 aliphatic heterocycles. The van der Waals surface area contributed by atoms with Crippen molar-refractivity contribution in [2.45, 2.75) is 20.1 Å². The van der Waals surface area contributed by atoms with Crippen LogP contribution >= 0.6 is 24.0 Å². The van der Waals surface area contributed by atoms with Gasteiger partial charge < -0.3 is 19.7 Å². The number of benzene rings is 1. The number of ether oxygens (including phenoxy) is 2. The lowest BCUT2D eigenvalue weighted by molar-refractivity contribution is 0.126. The largest absolute Gasteiger partial charge is 0.496 e. The molecule has 0 atom stereocenters. The SMILES string of the molecule is CCNC(=NCCOCc1ccccc1OC)N(C)Cc1ncnn1C.I. The van der Waals surface area contributed by atoms with E-state index in [9.17, 15) is 0 Å². The molecule has 0 saturated carbocycles. The van der Waals surface area contributed by atoms with Gasteiger partial charge in [-0.15, -0.1) is 24.0 Å². The monoisotopic (exact) mass is 488 g/mol. The molecule has 1 N–H and O–H groups in total. The molecular formula is C18H29IN6O2. The lowest BCUT2D eigenvalue weighted by Gasteiger charge is -2.21. The van der Waals surface area contributed by atoms with Crippen LogP contribution in [0.1, 0.15) is 18.3 Å². The van der Waals surface area contributed by atoms with Crippen LogP contribution in [0.4, 0.5) is 0 Å². The maximum atomic E-state index is 5.74. The van der Waals surface area contributed by atoms with Gasteiger partial charge in [0.2, 0.25) is 0 Å². The minimum Gasteiger partial charge on any atom is -0.496 e. The number of guanidine groups is 1. The predicted molar refractivity (Wildman–Crippen MR) is 117 cm³/mol. The third kappa shape index (κ3) is 7.33. The molecule has 0 bridgehead atoms. The number of halogens is 1. The van der Waals surface area contributed by atoms with Crippen molar-refractivity contribution in [2.75, 3.05) is 33.9 Å². The third-order valence-electron chi connectivity index (χ3n) is 3.83. The van der Waals surface area contributed by atoms with Crippen molar-refractivity contribution in [3.8, 4) is 5.75 Å². The Bertz CT molecular complexity index is 707. The Morgan fingerprint density at radius 3 is 2.78 bits per heavy atom. The van der Waals surface area contributed by atoms with Crippen molar-refractivity contribution in [1.82, 2.24) is 25.0 Å². The second-order valence-electron chi connectivity index (χ2n) is 5.76. The highest BCUT2D eigenvalue weighted by atomic mass is 127. The molecule has 1 aromatic heterocycles. The van der Waals surface area contributed by atoms with Gasteiger partial charge >= 0.3 is 0 Å². The van der Waals surface area contributed by atoms with Crippen LogP contribution < -0.4 is 10.1 Å². The number of hydrogen-bond donors (Lipinski definition) is 1. The quantitative estimate of drug-likeness (QED) is 0.252. The normalized spacial score (nSPS) is 11.0. The Hall–Kier alpha value is -1.88. The molecule has 150 valence electrons. The molecule has 1 aromatic carbocycles. The first kappa shape index (κ1) is 23.2. The zero-order valence-electron chi connectivity index (χ0n) is 16.4. The number of rotatable bonds is 9. The summed E-state index contributed by atoms with van der Waals surface area (Å²) in [5.41, 5.74) is 1.03. The number of methoxy groups -OCH3 is 1. The van der Waals surface area contributed by atoms with Crippen LogP contribution in [0, 0.1) is 0 Å². The summed E-state index contributed by atoms with van der Waals surface area (Å²) in [6.07, 6.45) is 1.55. The van der Waals surface area contributed by atoms with Crippen LogP contribution in [0.15, 0.2) is 35.6 Å². The molecular weight excluding hydrogens is 459 g/mol. The van der Waals surface area contributed by atoms with E-state index < -0.39 is 0 Å². The van der Waals surface area contributed by atoms with Crippen molar-refractivity contribution in [1.29, 1.82) is 0 Å². The van der Waals surface area contributed by atoms with Crippen LogP contribution in [0.25, 0.3) is 0 Å². The molecule has 1 heterocycles. The van der Waals surface area contributed by atoms with E-state index in [-0.39, 0.29) is 24.0 Å². The van der Waals surface area contributed by atoms with Crippen LogP contribution in [-0.2, 0) is 24.9 Å². The van der Waals surface area contributed by atoms with Crippen LogP contribution in [-0.4, -0.2) is 59.5 Å². The Morgan fingerprint density at radius 2 is 2.11 bits per heavy atom. The van der Waals surface area contributed by atoms with Crippen molar-refractivity contribution >= 4 is 29.9 Å².